The van der Waals surface area contributed by atoms with Gasteiger partial charge in [-0.1, -0.05) is 18.2 Å². The van der Waals surface area contributed by atoms with Crippen LogP contribution in [-0.2, 0) is 19.2 Å². The van der Waals surface area contributed by atoms with Crippen LogP contribution in [0.2, 0.25) is 0 Å². The summed E-state index contributed by atoms with van der Waals surface area (Å²) in [5.41, 5.74) is 2.28. The van der Waals surface area contributed by atoms with Crippen LogP contribution >= 0.6 is 0 Å². The average Bonchev–Trinajstić information content (AvgIpc) is 2.44. The van der Waals surface area contributed by atoms with Crippen LogP contribution in [-0.4, -0.2) is 44.9 Å². The minimum absolute atomic E-state index is 0.0839. The van der Waals surface area contributed by atoms with Crippen molar-refractivity contribution in [3.8, 4) is 5.75 Å². The molecule has 0 aliphatic heterocycles. The molecule has 1 aliphatic carbocycles. The van der Waals surface area contributed by atoms with Gasteiger partial charge in [-0.25, -0.2) is 0 Å². The molecule has 0 radical (unpaired) electrons. The molecule has 0 aromatic heterocycles. The van der Waals surface area contributed by atoms with Crippen molar-refractivity contribution in [1.82, 2.24) is 0 Å². The summed E-state index contributed by atoms with van der Waals surface area (Å²) in [6.45, 7) is 0. The summed E-state index contributed by atoms with van der Waals surface area (Å²) < 4.78 is 4.87. The van der Waals surface area contributed by atoms with E-state index in [0.717, 1.165) is 0 Å². The van der Waals surface area contributed by atoms with Crippen LogP contribution in [0.1, 0.15) is 6.42 Å². The lowest BCUT2D eigenvalue weighted by molar-refractivity contribution is -0.227. The van der Waals surface area contributed by atoms with Gasteiger partial charge in [-0.2, -0.15) is 0 Å². The number of esters is 1. The molecule has 1 fully saturated rings. The zero-order chi connectivity index (χ0) is 18.3. The third kappa shape index (κ3) is 1.90. The van der Waals surface area contributed by atoms with E-state index in [0.29, 0.717) is 0 Å². The normalized spacial score (nSPS) is 23.6. The van der Waals surface area contributed by atoms with E-state index in [4.69, 9.17) is 16.2 Å². The van der Waals surface area contributed by atoms with E-state index in [1.165, 1.54) is 24.3 Å². The largest absolute Gasteiger partial charge is 0.480 e. The van der Waals surface area contributed by atoms with E-state index in [1.807, 2.05) is 0 Å². The Labute approximate surface area is 134 Å². The highest BCUT2D eigenvalue weighted by atomic mass is 16.5. The summed E-state index contributed by atoms with van der Waals surface area (Å²) in [5.74, 6) is -7.94. The Morgan fingerprint density at radius 3 is 1.79 bits per heavy atom. The van der Waals surface area contributed by atoms with Crippen molar-refractivity contribution in [3.05, 3.63) is 30.3 Å². The van der Waals surface area contributed by atoms with Gasteiger partial charge in [-0.05, 0) is 12.1 Å². The van der Waals surface area contributed by atoms with E-state index in [1.54, 1.807) is 6.07 Å². The fraction of sp³-hybridized carbons (Fsp3) is 0.286. The zero-order valence-corrected chi connectivity index (χ0v) is 12.1. The summed E-state index contributed by atoms with van der Waals surface area (Å²) >= 11 is 0. The fourth-order valence-corrected chi connectivity index (χ4v) is 3.08. The van der Waals surface area contributed by atoms with Crippen LogP contribution in [0.4, 0.5) is 0 Å². The van der Waals surface area contributed by atoms with Gasteiger partial charge in [0.15, 0.2) is 5.41 Å². The van der Waals surface area contributed by atoms with Gasteiger partial charge in [0.1, 0.15) is 5.75 Å². The van der Waals surface area contributed by atoms with E-state index >= 15 is 0 Å². The van der Waals surface area contributed by atoms with Crippen LogP contribution in [0.25, 0.3) is 0 Å². The molecule has 128 valence electrons. The van der Waals surface area contributed by atoms with Crippen molar-refractivity contribution < 1.29 is 39.2 Å². The lowest BCUT2D eigenvalue weighted by Crippen LogP contribution is -2.87. The SMILES string of the molecule is NC1(N)CC(C(=O)O)(C(=O)Oc2ccccc2)C1(C(=O)O)C(=O)O. The van der Waals surface area contributed by atoms with Gasteiger partial charge in [-0.3, -0.25) is 19.2 Å². The number of para-hydroxylation sites is 1. The maximum Gasteiger partial charge on any atom is 0.330 e. The number of nitrogens with two attached hydrogens (primary N) is 2. The maximum atomic E-state index is 12.4. The van der Waals surface area contributed by atoms with Crippen molar-refractivity contribution in [2.75, 3.05) is 0 Å². The van der Waals surface area contributed by atoms with Crippen LogP contribution < -0.4 is 16.2 Å². The highest BCUT2D eigenvalue weighted by molar-refractivity contribution is 6.17. The molecule has 10 nitrogen and oxygen atoms in total. The first-order chi connectivity index (χ1) is 11.0. The molecule has 1 unspecified atom stereocenters. The van der Waals surface area contributed by atoms with E-state index in [-0.39, 0.29) is 5.75 Å². The molecule has 0 spiro atoms. The second-order valence-electron chi connectivity index (χ2n) is 5.49. The number of ether oxygens (including phenoxy) is 1. The second kappa shape index (κ2) is 5.28. The Bertz CT molecular complexity index is 716. The number of carboxylic acids is 3. The van der Waals surface area contributed by atoms with Gasteiger partial charge >= 0.3 is 23.9 Å². The van der Waals surface area contributed by atoms with Crippen molar-refractivity contribution in [3.63, 3.8) is 0 Å². The van der Waals surface area contributed by atoms with Gasteiger partial charge in [0, 0.05) is 6.42 Å². The smallest absolute Gasteiger partial charge is 0.330 e. The monoisotopic (exact) mass is 338 g/mol. The van der Waals surface area contributed by atoms with Crippen molar-refractivity contribution >= 4 is 23.9 Å². The number of carboxylic acid groups (broad SMARTS) is 3. The number of hydrogen-bond donors (Lipinski definition) is 5. The molecule has 1 atom stereocenters. The molecule has 10 heteroatoms. The molecule has 1 aromatic rings. The third-order valence-electron chi connectivity index (χ3n) is 4.20. The Morgan fingerprint density at radius 1 is 0.917 bits per heavy atom. The van der Waals surface area contributed by atoms with Gasteiger partial charge in [0.05, 0.1) is 5.66 Å². The molecule has 1 aromatic carbocycles. The van der Waals surface area contributed by atoms with E-state index in [9.17, 15) is 34.5 Å². The average molecular weight is 338 g/mol. The third-order valence-corrected chi connectivity index (χ3v) is 4.20. The summed E-state index contributed by atoms with van der Waals surface area (Å²) in [5, 5.41) is 28.2. The highest BCUT2D eigenvalue weighted by Gasteiger charge is 2.87. The first-order valence-electron chi connectivity index (χ1n) is 6.59. The molecule has 0 heterocycles. The standard InChI is InChI=1S/C14H14N2O8/c15-13(16)6-12(8(17)18,14(13,9(19)20)10(21)22)11(23)24-7-4-2-1-3-5-7/h1-5H,6,15-16H2,(H,17,18)(H,19,20)(H,21,22). The van der Waals surface area contributed by atoms with Crippen LogP contribution in [0.15, 0.2) is 30.3 Å². The molecule has 24 heavy (non-hydrogen) atoms. The Balaban J connectivity index is 2.59. The molecular weight excluding hydrogens is 324 g/mol. The predicted molar refractivity (Wildman–Crippen MR) is 75.6 cm³/mol. The van der Waals surface area contributed by atoms with E-state index < -0.39 is 46.8 Å². The number of aliphatic carboxylic acids is 3. The van der Waals surface area contributed by atoms with Crippen LogP contribution in [0.5, 0.6) is 5.75 Å². The lowest BCUT2D eigenvalue weighted by Gasteiger charge is -2.58. The number of benzene rings is 1. The summed E-state index contributed by atoms with van der Waals surface area (Å²) in [4.78, 5) is 47.4. The van der Waals surface area contributed by atoms with Crippen LogP contribution in [0.3, 0.4) is 0 Å². The summed E-state index contributed by atoms with van der Waals surface area (Å²) in [7, 11) is 0. The quantitative estimate of drug-likeness (QED) is 0.189. The van der Waals surface area contributed by atoms with Crippen LogP contribution in [0, 0.1) is 10.8 Å². The molecule has 7 N–H and O–H groups in total. The number of hydrogen-bond acceptors (Lipinski definition) is 7. The molecular formula is C14H14N2O8. The Kier molecular flexibility index (Phi) is 3.83. The van der Waals surface area contributed by atoms with Crippen molar-refractivity contribution in [2.45, 2.75) is 12.1 Å². The number of carbonyl (C=O) groups excluding carboxylic acids is 1. The Morgan fingerprint density at radius 2 is 1.42 bits per heavy atom. The second-order valence-corrected chi connectivity index (χ2v) is 5.49. The molecule has 0 bridgehead atoms. The minimum Gasteiger partial charge on any atom is -0.480 e. The predicted octanol–water partition coefficient (Wildman–Crippen LogP) is -1.16. The van der Waals surface area contributed by atoms with Crippen molar-refractivity contribution in [2.24, 2.45) is 22.3 Å². The van der Waals surface area contributed by atoms with Gasteiger partial charge in [0.25, 0.3) is 0 Å². The Hall–Kier alpha value is -2.98. The zero-order valence-electron chi connectivity index (χ0n) is 12.1. The molecule has 1 saturated carbocycles. The van der Waals surface area contributed by atoms with Gasteiger partial charge < -0.3 is 31.5 Å². The first kappa shape index (κ1) is 17.4. The van der Waals surface area contributed by atoms with Gasteiger partial charge in [0.2, 0.25) is 5.41 Å². The molecule has 1 aliphatic rings. The first-order valence-corrected chi connectivity index (χ1v) is 6.59. The fourth-order valence-electron chi connectivity index (χ4n) is 3.08. The summed E-state index contributed by atoms with van der Waals surface area (Å²) in [6, 6.07) is 7.18. The summed E-state index contributed by atoms with van der Waals surface area (Å²) in [6.07, 6.45) is -0.917. The highest BCUT2D eigenvalue weighted by Crippen LogP contribution is 2.61. The number of carbonyl (C=O) groups is 4. The topological polar surface area (TPSA) is 190 Å². The minimum atomic E-state index is -3.28. The van der Waals surface area contributed by atoms with Gasteiger partial charge in [-0.15, -0.1) is 0 Å². The molecule has 2 rings (SSSR count). The molecule has 0 saturated heterocycles. The lowest BCUT2D eigenvalue weighted by atomic mass is 9.43. The number of rotatable bonds is 5. The maximum absolute atomic E-state index is 12.4. The van der Waals surface area contributed by atoms with E-state index in [2.05, 4.69) is 0 Å². The van der Waals surface area contributed by atoms with Crippen molar-refractivity contribution in [1.29, 1.82) is 0 Å². The molecule has 0 amide bonds.